The fraction of sp³-hybridized carbons (Fsp3) is 0.447. The van der Waals surface area contributed by atoms with E-state index in [-0.39, 0.29) is 53.5 Å². The second-order valence-corrected chi connectivity index (χ2v) is 18.6. The van der Waals surface area contributed by atoms with Crippen molar-refractivity contribution in [3.8, 4) is 17.6 Å². The molecule has 4 atom stereocenters. The fourth-order valence-corrected chi connectivity index (χ4v) is 11.2. The number of amides is 5. The van der Waals surface area contributed by atoms with Crippen LogP contribution < -0.4 is 25.0 Å². The topological polar surface area (TPSA) is 187 Å². The Morgan fingerprint density at radius 2 is 1.77 bits per heavy atom. The normalized spacial score (nSPS) is 27.4. The number of imide groups is 2. The Bertz CT molecular complexity index is 2610. The third kappa shape index (κ3) is 6.20. The molecular weight excluding hydrogens is 789 g/mol. The molecule has 62 heavy (non-hydrogen) atoms. The number of aromatic nitrogens is 2. The van der Waals surface area contributed by atoms with Crippen LogP contribution in [0.15, 0.2) is 60.9 Å². The molecule has 5 amide bonds. The summed E-state index contributed by atoms with van der Waals surface area (Å²) in [5.41, 5.74) is 2.19. The van der Waals surface area contributed by atoms with Crippen LogP contribution in [0.3, 0.4) is 0 Å². The molecule has 2 saturated carbocycles. The molecule has 3 unspecified atom stereocenters. The highest BCUT2D eigenvalue weighted by atomic mass is 16.5. The Morgan fingerprint density at radius 3 is 2.50 bits per heavy atom. The SMILES string of the molecule is CN(CC1CCN(c2ccc(C(=O)NC3C(C)(C)[C@@H]4Oc5ccc(C#N)c6nccc(c56)C34C)cn2)CC1)[C@H]1C[C@H](Oc2ccc3c(c2)C(=O)N(C2CCC(=O)NC2=O)C3=O)C1. The minimum absolute atomic E-state index is 0.0120. The number of fused-ring (bicyclic) bond motifs is 3. The first-order valence-electron chi connectivity index (χ1n) is 21.5. The van der Waals surface area contributed by atoms with Crippen molar-refractivity contribution in [3.63, 3.8) is 0 Å². The van der Waals surface area contributed by atoms with Gasteiger partial charge in [0, 0.05) is 68.1 Å². The van der Waals surface area contributed by atoms with Gasteiger partial charge >= 0.3 is 0 Å². The molecule has 0 spiro atoms. The maximum atomic E-state index is 13.8. The van der Waals surface area contributed by atoms with Crippen molar-refractivity contribution in [2.75, 3.05) is 31.6 Å². The van der Waals surface area contributed by atoms with Gasteiger partial charge in [0.05, 0.1) is 39.2 Å². The zero-order valence-corrected chi connectivity index (χ0v) is 35.1. The van der Waals surface area contributed by atoms with Crippen LogP contribution in [0.25, 0.3) is 10.9 Å². The number of pyridine rings is 2. The number of rotatable bonds is 9. The number of hydrogen-bond acceptors (Lipinski definition) is 12. The molecule has 0 radical (unpaired) electrons. The second kappa shape index (κ2) is 14.6. The van der Waals surface area contributed by atoms with E-state index < -0.39 is 35.1 Å². The van der Waals surface area contributed by atoms with Crippen LogP contribution in [0, 0.1) is 22.7 Å². The molecule has 2 aliphatic carbocycles. The van der Waals surface area contributed by atoms with Crippen molar-refractivity contribution in [1.29, 1.82) is 5.26 Å². The van der Waals surface area contributed by atoms with Crippen molar-refractivity contribution in [2.24, 2.45) is 11.3 Å². The zero-order chi connectivity index (χ0) is 43.2. The van der Waals surface area contributed by atoms with E-state index in [1.165, 1.54) is 0 Å². The van der Waals surface area contributed by atoms with Gasteiger partial charge in [-0.1, -0.05) is 13.8 Å². The minimum atomic E-state index is -1.00. The van der Waals surface area contributed by atoms with E-state index in [0.29, 0.717) is 34.4 Å². The van der Waals surface area contributed by atoms with Crippen LogP contribution in [0.4, 0.5) is 5.82 Å². The first kappa shape index (κ1) is 39.7. The lowest BCUT2D eigenvalue weighted by molar-refractivity contribution is -0.136. The number of carbonyl (C=O) groups excluding carboxylic acids is 5. The summed E-state index contributed by atoms with van der Waals surface area (Å²) in [4.78, 5) is 79.0. The van der Waals surface area contributed by atoms with Crippen LogP contribution in [-0.4, -0.2) is 106 Å². The lowest BCUT2D eigenvalue weighted by atomic mass is 9.45. The number of nitrogens with zero attached hydrogens (tertiary/aromatic N) is 6. The predicted octanol–water partition coefficient (Wildman–Crippen LogP) is 4.52. The third-order valence-electron chi connectivity index (χ3n) is 14.5. The Balaban J connectivity index is 0.700. The Hall–Kier alpha value is -6.40. The van der Waals surface area contributed by atoms with Gasteiger partial charge in [0.1, 0.15) is 41.6 Å². The van der Waals surface area contributed by atoms with Crippen LogP contribution in [0.2, 0.25) is 0 Å². The molecular formula is C47H48N8O7. The third-order valence-corrected chi connectivity index (χ3v) is 14.5. The summed E-state index contributed by atoms with van der Waals surface area (Å²) in [7, 11) is 2.16. The minimum Gasteiger partial charge on any atom is -0.490 e. The van der Waals surface area contributed by atoms with Gasteiger partial charge in [-0.3, -0.25) is 39.2 Å². The largest absolute Gasteiger partial charge is 0.490 e. The molecule has 15 nitrogen and oxygen atoms in total. The summed E-state index contributed by atoms with van der Waals surface area (Å²) in [6, 6.07) is 15.6. The number of piperidine rings is 2. The van der Waals surface area contributed by atoms with E-state index in [0.717, 1.165) is 72.7 Å². The molecule has 6 aliphatic rings. The Morgan fingerprint density at radius 1 is 1.00 bits per heavy atom. The number of benzene rings is 2. The van der Waals surface area contributed by atoms with Gasteiger partial charge in [0.15, 0.2) is 0 Å². The summed E-state index contributed by atoms with van der Waals surface area (Å²) in [6.07, 6.45) is 7.15. The van der Waals surface area contributed by atoms with E-state index in [1.807, 2.05) is 24.3 Å². The second-order valence-electron chi connectivity index (χ2n) is 18.6. The molecule has 0 bridgehead atoms. The van der Waals surface area contributed by atoms with Crippen LogP contribution in [0.5, 0.6) is 11.5 Å². The van der Waals surface area contributed by atoms with E-state index in [9.17, 15) is 29.2 Å². The van der Waals surface area contributed by atoms with E-state index >= 15 is 0 Å². The number of nitriles is 1. The molecule has 6 heterocycles. The number of anilines is 1. The predicted molar refractivity (Wildman–Crippen MR) is 226 cm³/mol. The van der Waals surface area contributed by atoms with E-state index in [1.54, 1.807) is 36.7 Å². The number of hydrogen-bond donors (Lipinski definition) is 2. The van der Waals surface area contributed by atoms with Crippen molar-refractivity contribution < 1.29 is 33.4 Å². The van der Waals surface area contributed by atoms with Crippen molar-refractivity contribution in [1.82, 2.24) is 30.4 Å². The lowest BCUT2D eigenvalue weighted by Gasteiger charge is -2.66. The summed E-state index contributed by atoms with van der Waals surface area (Å²) < 4.78 is 12.8. The highest BCUT2D eigenvalue weighted by molar-refractivity contribution is 6.23. The standard InChI is InChI=1S/C47H48N8O7/c1-46(2)44(47(3)33-13-16-49-39-26(22-48)5-10-35(38(33)39)62-45(46)47)52-40(57)27-6-11-36(50-23-27)54-17-14-25(15-18-54)24-53(4)28-19-30(20-28)61-29-7-8-31-32(21-29)43(60)55(42(31)59)34-9-12-37(56)51-41(34)58/h5-8,10-11,13,16,21,23,25,28,30,34,44-45H,9,12,14-15,17-20,24H2,1-4H3,(H,52,57)(H,51,56,58)/t28-,30-,34?,44?,45-,47?/m0/s1. The summed E-state index contributed by atoms with van der Waals surface area (Å²) in [5.74, 6) is 0.317. The highest BCUT2D eigenvalue weighted by Gasteiger charge is 2.69. The number of ether oxygens (including phenoxy) is 2. The van der Waals surface area contributed by atoms with E-state index in [2.05, 4.69) is 59.3 Å². The molecule has 4 aromatic rings. The molecule has 2 saturated heterocycles. The van der Waals surface area contributed by atoms with Gasteiger partial charge in [0.25, 0.3) is 17.7 Å². The van der Waals surface area contributed by atoms with Gasteiger partial charge in [0.2, 0.25) is 11.8 Å². The maximum absolute atomic E-state index is 13.8. The van der Waals surface area contributed by atoms with Gasteiger partial charge in [-0.2, -0.15) is 5.26 Å². The molecule has 318 valence electrons. The molecule has 4 fully saturated rings. The van der Waals surface area contributed by atoms with Crippen LogP contribution in [0.1, 0.15) is 101 Å². The number of nitrogens with one attached hydrogen (secondary N) is 2. The zero-order valence-electron chi connectivity index (χ0n) is 35.1. The van der Waals surface area contributed by atoms with Crippen molar-refractivity contribution >= 4 is 46.3 Å². The fourth-order valence-electron chi connectivity index (χ4n) is 11.2. The Kier molecular flexibility index (Phi) is 9.36. The van der Waals surface area contributed by atoms with Gasteiger partial charge < -0.3 is 24.6 Å². The Labute approximate surface area is 358 Å². The summed E-state index contributed by atoms with van der Waals surface area (Å²) in [5, 5.41) is 16.1. The first-order chi connectivity index (χ1) is 29.8. The van der Waals surface area contributed by atoms with Crippen molar-refractivity contribution in [3.05, 3.63) is 88.7 Å². The summed E-state index contributed by atoms with van der Waals surface area (Å²) >= 11 is 0. The molecule has 10 rings (SSSR count). The maximum Gasteiger partial charge on any atom is 0.262 e. The average molecular weight is 837 g/mol. The lowest BCUT2D eigenvalue weighted by Crippen LogP contribution is -2.78. The highest BCUT2D eigenvalue weighted by Crippen LogP contribution is 2.61. The number of carbonyl (C=O) groups is 5. The van der Waals surface area contributed by atoms with Gasteiger partial charge in [-0.05, 0) is 93.2 Å². The quantitative estimate of drug-likeness (QED) is 0.225. The van der Waals surface area contributed by atoms with Crippen molar-refractivity contribution in [2.45, 2.75) is 95.0 Å². The molecule has 2 aromatic heterocycles. The molecule has 2 aromatic carbocycles. The van der Waals surface area contributed by atoms with Crippen LogP contribution >= 0.6 is 0 Å². The monoisotopic (exact) mass is 836 g/mol. The van der Waals surface area contributed by atoms with Gasteiger partial charge in [-0.15, -0.1) is 0 Å². The first-order valence-corrected chi connectivity index (χ1v) is 21.5. The molecule has 15 heteroatoms. The molecule has 2 N–H and O–H groups in total. The average Bonchev–Trinajstić information content (AvgIpc) is 3.50. The van der Waals surface area contributed by atoms with Gasteiger partial charge in [-0.25, -0.2) is 4.98 Å². The van der Waals surface area contributed by atoms with E-state index in [4.69, 9.17) is 14.5 Å². The molecule has 4 aliphatic heterocycles. The smallest absolute Gasteiger partial charge is 0.262 e. The summed E-state index contributed by atoms with van der Waals surface area (Å²) in [6.45, 7) is 9.08. The van der Waals surface area contributed by atoms with Crippen LogP contribution in [-0.2, 0) is 15.0 Å².